The molecule has 2 unspecified atom stereocenters. The van der Waals surface area contributed by atoms with Crippen LogP contribution in [0.1, 0.15) is 34.5 Å². The lowest BCUT2D eigenvalue weighted by atomic mass is 9.98. The zero-order chi connectivity index (χ0) is 16.6. The summed E-state index contributed by atoms with van der Waals surface area (Å²) in [6.45, 7) is 1.41. The number of aliphatic hydroxyl groups is 2. The normalized spacial score (nSPS) is 15.0. The number of benzene rings is 2. The van der Waals surface area contributed by atoms with Gasteiger partial charge in [0.15, 0.2) is 10.9 Å². The summed E-state index contributed by atoms with van der Waals surface area (Å²) in [7, 11) is 0. The average molecular weight is 328 g/mol. The molecular weight excluding hydrogens is 312 g/mol. The highest BCUT2D eigenvalue weighted by molar-refractivity contribution is 8.13. The van der Waals surface area contributed by atoms with Crippen LogP contribution in [0.2, 0.25) is 0 Å². The second kappa shape index (κ2) is 6.28. The molecule has 2 N–H and O–H groups in total. The van der Waals surface area contributed by atoms with Crippen molar-refractivity contribution in [3.05, 3.63) is 59.2 Å². The van der Waals surface area contributed by atoms with Gasteiger partial charge in [-0.25, -0.2) is 0 Å². The fourth-order valence-corrected chi connectivity index (χ4v) is 3.33. The van der Waals surface area contributed by atoms with E-state index in [1.807, 2.05) is 18.2 Å². The second-order valence-corrected chi connectivity index (χ2v) is 6.69. The van der Waals surface area contributed by atoms with Crippen LogP contribution in [0.3, 0.4) is 0 Å². The van der Waals surface area contributed by atoms with E-state index in [9.17, 15) is 19.8 Å². The van der Waals surface area contributed by atoms with Crippen LogP contribution in [0.5, 0.6) is 0 Å². The highest BCUT2D eigenvalue weighted by Crippen LogP contribution is 2.37. The molecule has 0 amide bonds. The molecule has 0 saturated carbocycles. The molecular formula is C18H16O4S. The third kappa shape index (κ3) is 2.95. The van der Waals surface area contributed by atoms with Crippen LogP contribution >= 0.6 is 11.8 Å². The molecule has 23 heavy (non-hydrogen) atoms. The zero-order valence-corrected chi connectivity index (χ0v) is 13.3. The van der Waals surface area contributed by atoms with Gasteiger partial charge in [0.25, 0.3) is 0 Å². The number of hydrogen-bond acceptors (Lipinski definition) is 5. The van der Waals surface area contributed by atoms with Gasteiger partial charge in [-0.15, -0.1) is 0 Å². The van der Waals surface area contributed by atoms with Crippen molar-refractivity contribution in [1.82, 2.24) is 0 Å². The van der Waals surface area contributed by atoms with Crippen LogP contribution in [-0.4, -0.2) is 33.0 Å². The van der Waals surface area contributed by atoms with Crippen LogP contribution < -0.4 is 0 Å². The molecule has 0 fully saturated rings. The Bertz CT molecular complexity index is 784. The second-order valence-electron chi connectivity index (χ2n) is 5.49. The summed E-state index contributed by atoms with van der Waals surface area (Å²) in [4.78, 5) is 23.4. The van der Waals surface area contributed by atoms with Gasteiger partial charge >= 0.3 is 0 Å². The Morgan fingerprint density at radius 2 is 1.70 bits per heavy atom. The predicted octanol–water partition coefficient (Wildman–Crippen LogP) is 2.57. The number of hydrogen-bond donors (Lipinski definition) is 2. The first-order valence-electron chi connectivity index (χ1n) is 7.26. The van der Waals surface area contributed by atoms with Crippen molar-refractivity contribution in [3.8, 4) is 11.1 Å². The van der Waals surface area contributed by atoms with Crippen LogP contribution in [0.4, 0.5) is 0 Å². The maximum atomic E-state index is 12.5. The van der Waals surface area contributed by atoms with Crippen molar-refractivity contribution in [2.45, 2.75) is 19.1 Å². The summed E-state index contributed by atoms with van der Waals surface area (Å²) in [5.41, 5.74) is 3.40. The first kappa shape index (κ1) is 15.9. The van der Waals surface area contributed by atoms with Gasteiger partial charge in [-0.05, 0) is 22.8 Å². The fourth-order valence-electron chi connectivity index (χ4n) is 2.75. The van der Waals surface area contributed by atoms with E-state index >= 15 is 0 Å². The lowest BCUT2D eigenvalue weighted by Crippen LogP contribution is -2.21. The maximum absolute atomic E-state index is 12.5. The minimum Gasteiger partial charge on any atom is -0.389 e. The molecule has 0 saturated heterocycles. The van der Waals surface area contributed by atoms with Crippen molar-refractivity contribution in [3.63, 3.8) is 0 Å². The number of rotatable bonds is 4. The van der Waals surface area contributed by atoms with Crippen molar-refractivity contribution >= 4 is 22.7 Å². The van der Waals surface area contributed by atoms with Crippen molar-refractivity contribution in [2.75, 3.05) is 5.75 Å². The highest BCUT2D eigenvalue weighted by Gasteiger charge is 2.28. The smallest absolute Gasteiger partial charge is 0.194 e. The minimum atomic E-state index is -1.14. The highest BCUT2D eigenvalue weighted by atomic mass is 32.2. The number of aliphatic hydroxyl groups excluding tert-OH is 2. The molecule has 0 radical (unpaired) electrons. The molecule has 0 aliphatic heterocycles. The molecule has 0 aromatic heterocycles. The third-order valence-electron chi connectivity index (χ3n) is 3.91. The van der Waals surface area contributed by atoms with E-state index in [1.165, 1.54) is 6.92 Å². The Morgan fingerprint density at radius 3 is 2.39 bits per heavy atom. The summed E-state index contributed by atoms with van der Waals surface area (Å²) in [6.07, 6.45) is -2.20. The Kier molecular flexibility index (Phi) is 4.35. The van der Waals surface area contributed by atoms with E-state index in [0.29, 0.717) is 16.7 Å². The Hall–Kier alpha value is -1.95. The number of carbonyl (C=O) groups excluding carboxylic acids is 2. The van der Waals surface area contributed by atoms with Crippen LogP contribution in [0, 0.1) is 0 Å². The number of thioether (sulfide) groups is 1. The van der Waals surface area contributed by atoms with Gasteiger partial charge in [0.05, 0.1) is 6.10 Å². The lowest BCUT2D eigenvalue weighted by molar-refractivity contribution is -0.109. The predicted molar refractivity (Wildman–Crippen MR) is 89.4 cm³/mol. The number of carbonyl (C=O) groups is 2. The SMILES string of the molecule is CC(=O)SCC(O)C(O)c1ccc2c(c1)C(=O)c1ccccc1-2. The van der Waals surface area contributed by atoms with Gasteiger partial charge in [-0.1, -0.05) is 48.2 Å². The Balaban J connectivity index is 1.88. The van der Waals surface area contributed by atoms with Gasteiger partial charge in [0.2, 0.25) is 0 Å². The molecule has 4 nitrogen and oxygen atoms in total. The van der Waals surface area contributed by atoms with Gasteiger partial charge in [0, 0.05) is 23.8 Å². The van der Waals surface area contributed by atoms with E-state index in [0.717, 1.165) is 22.9 Å². The van der Waals surface area contributed by atoms with E-state index < -0.39 is 12.2 Å². The summed E-state index contributed by atoms with van der Waals surface area (Å²) >= 11 is 0.962. The zero-order valence-electron chi connectivity index (χ0n) is 12.5. The molecule has 2 atom stereocenters. The van der Waals surface area contributed by atoms with Crippen LogP contribution in [0.15, 0.2) is 42.5 Å². The molecule has 3 rings (SSSR count). The molecule has 2 aromatic rings. The van der Waals surface area contributed by atoms with E-state index in [-0.39, 0.29) is 16.7 Å². The number of fused-ring (bicyclic) bond motifs is 3. The van der Waals surface area contributed by atoms with E-state index in [2.05, 4.69) is 0 Å². The van der Waals surface area contributed by atoms with Crippen molar-refractivity contribution in [1.29, 1.82) is 0 Å². The fraction of sp³-hybridized carbons (Fsp3) is 0.222. The summed E-state index contributed by atoms with van der Waals surface area (Å²) in [5, 5.41) is 20.1. The summed E-state index contributed by atoms with van der Waals surface area (Å²) in [6, 6.07) is 12.5. The van der Waals surface area contributed by atoms with Gasteiger partial charge in [-0.3, -0.25) is 9.59 Å². The monoisotopic (exact) mass is 328 g/mol. The first-order chi connectivity index (χ1) is 11.0. The Morgan fingerprint density at radius 1 is 1.04 bits per heavy atom. The van der Waals surface area contributed by atoms with E-state index in [1.54, 1.807) is 24.3 Å². The standard InChI is InChI=1S/C18H16O4S/c1-10(19)23-9-16(20)17(21)11-6-7-13-12-4-2-3-5-14(12)18(22)15(13)8-11/h2-8,16-17,20-21H,9H2,1H3. The molecule has 1 aliphatic carbocycles. The molecule has 0 spiro atoms. The molecule has 118 valence electrons. The molecule has 0 heterocycles. The van der Waals surface area contributed by atoms with Crippen LogP contribution in [0.25, 0.3) is 11.1 Å². The van der Waals surface area contributed by atoms with E-state index in [4.69, 9.17) is 0 Å². The van der Waals surface area contributed by atoms with Gasteiger partial charge in [0.1, 0.15) is 6.10 Å². The summed E-state index contributed by atoms with van der Waals surface area (Å²) in [5.74, 6) is 0.0409. The summed E-state index contributed by atoms with van der Waals surface area (Å²) < 4.78 is 0. The third-order valence-corrected chi connectivity index (χ3v) is 4.83. The molecule has 0 bridgehead atoms. The number of ketones is 1. The van der Waals surface area contributed by atoms with Gasteiger partial charge < -0.3 is 10.2 Å². The van der Waals surface area contributed by atoms with Crippen molar-refractivity contribution in [2.24, 2.45) is 0 Å². The average Bonchev–Trinajstić information content (AvgIpc) is 2.85. The van der Waals surface area contributed by atoms with Crippen molar-refractivity contribution < 1.29 is 19.8 Å². The lowest BCUT2D eigenvalue weighted by Gasteiger charge is -2.18. The largest absolute Gasteiger partial charge is 0.389 e. The Labute approximate surface area is 138 Å². The molecule has 5 heteroatoms. The molecule has 1 aliphatic rings. The topological polar surface area (TPSA) is 74.6 Å². The maximum Gasteiger partial charge on any atom is 0.194 e. The minimum absolute atomic E-state index is 0.0720. The van der Waals surface area contributed by atoms with Crippen LogP contribution in [-0.2, 0) is 4.79 Å². The van der Waals surface area contributed by atoms with Gasteiger partial charge in [-0.2, -0.15) is 0 Å². The first-order valence-corrected chi connectivity index (χ1v) is 8.25. The quantitative estimate of drug-likeness (QED) is 0.770. The molecule has 2 aromatic carbocycles.